The van der Waals surface area contributed by atoms with Crippen molar-refractivity contribution >= 4 is 33.4 Å². The van der Waals surface area contributed by atoms with Gasteiger partial charge in [0.1, 0.15) is 12.4 Å². The number of aliphatic hydroxyl groups excluding tert-OH is 1. The summed E-state index contributed by atoms with van der Waals surface area (Å²) < 4.78 is 6.90. The highest BCUT2D eigenvalue weighted by Crippen LogP contribution is 2.24. The highest BCUT2D eigenvalue weighted by atomic mass is 127. The quantitative estimate of drug-likeness (QED) is 0.664. The largest absolute Gasteiger partial charge is 0.488 e. The number of aliphatic hydroxyl groups is 1. The topological polar surface area (TPSA) is 29.5 Å². The van der Waals surface area contributed by atoms with E-state index < -0.39 is 0 Å². The summed E-state index contributed by atoms with van der Waals surface area (Å²) in [6, 6.07) is 20.4. The van der Waals surface area contributed by atoms with Crippen LogP contribution in [0.4, 0.5) is 0 Å². The van der Waals surface area contributed by atoms with E-state index in [9.17, 15) is 0 Å². The Balaban J connectivity index is 1.77. The van der Waals surface area contributed by atoms with Crippen LogP contribution in [0.2, 0.25) is 0 Å². The van der Waals surface area contributed by atoms with E-state index in [1.165, 1.54) is 10.8 Å². The van der Waals surface area contributed by atoms with Gasteiger partial charge < -0.3 is 9.84 Å². The van der Waals surface area contributed by atoms with Gasteiger partial charge in [0.15, 0.2) is 0 Å². The van der Waals surface area contributed by atoms with Crippen molar-refractivity contribution in [2.75, 3.05) is 0 Å². The van der Waals surface area contributed by atoms with Crippen LogP contribution in [0.1, 0.15) is 11.1 Å². The Labute approximate surface area is 137 Å². The van der Waals surface area contributed by atoms with Gasteiger partial charge in [0, 0.05) is 0 Å². The highest BCUT2D eigenvalue weighted by Gasteiger charge is 2.03. The summed E-state index contributed by atoms with van der Waals surface area (Å²) in [5, 5.41) is 11.6. The average Bonchev–Trinajstić information content (AvgIpc) is 2.53. The number of halogens is 1. The lowest BCUT2D eigenvalue weighted by Crippen LogP contribution is -1.97. The normalized spacial score (nSPS) is 10.8. The number of fused-ring (bicyclic) bond motifs is 1. The monoisotopic (exact) mass is 390 g/mol. The van der Waals surface area contributed by atoms with Gasteiger partial charge >= 0.3 is 0 Å². The molecule has 0 saturated carbocycles. The zero-order valence-electron chi connectivity index (χ0n) is 11.4. The van der Waals surface area contributed by atoms with Gasteiger partial charge in [-0.05, 0) is 62.7 Å². The molecule has 21 heavy (non-hydrogen) atoms. The van der Waals surface area contributed by atoms with Gasteiger partial charge in [-0.1, -0.05) is 42.5 Å². The van der Waals surface area contributed by atoms with Crippen molar-refractivity contribution in [3.05, 3.63) is 75.4 Å². The summed E-state index contributed by atoms with van der Waals surface area (Å²) in [4.78, 5) is 0. The molecular formula is C18H15IO2. The summed E-state index contributed by atoms with van der Waals surface area (Å²) in [5.41, 5.74) is 2.05. The first-order valence-corrected chi connectivity index (χ1v) is 7.84. The molecule has 3 aromatic carbocycles. The smallest absolute Gasteiger partial charge is 0.133 e. The van der Waals surface area contributed by atoms with Crippen LogP contribution in [0.25, 0.3) is 10.8 Å². The predicted octanol–water partition coefficient (Wildman–Crippen LogP) is 4.52. The average molecular weight is 390 g/mol. The molecule has 2 nitrogen and oxygen atoms in total. The van der Waals surface area contributed by atoms with Crippen molar-refractivity contribution in [3.63, 3.8) is 0 Å². The number of hydrogen-bond donors (Lipinski definition) is 1. The summed E-state index contributed by atoms with van der Waals surface area (Å²) >= 11 is 2.23. The summed E-state index contributed by atoms with van der Waals surface area (Å²) in [7, 11) is 0. The molecule has 0 aliphatic heterocycles. The van der Waals surface area contributed by atoms with Gasteiger partial charge in [-0.2, -0.15) is 0 Å². The first kappa shape index (κ1) is 14.4. The lowest BCUT2D eigenvalue weighted by atomic mass is 10.1. The van der Waals surface area contributed by atoms with Gasteiger partial charge in [0.2, 0.25) is 0 Å². The van der Waals surface area contributed by atoms with E-state index in [0.29, 0.717) is 6.61 Å². The molecule has 0 atom stereocenters. The maximum absolute atomic E-state index is 9.12. The van der Waals surface area contributed by atoms with E-state index in [2.05, 4.69) is 52.9 Å². The Morgan fingerprint density at radius 1 is 0.857 bits per heavy atom. The van der Waals surface area contributed by atoms with Crippen LogP contribution in [-0.4, -0.2) is 5.11 Å². The fourth-order valence-electron chi connectivity index (χ4n) is 2.25. The number of hydrogen-bond acceptors (Lipinski definition) is 2. The molecule has 0 bridgehead atoms. The molecule has 0 unspecified atom stereocenters. The molecule has 0 radical (unpaired) electrons. The van der Waals surface area contributed by atoms with Gasteiger partial charge in [0.05, 0.1) is 10.2 Å². The molecule has 3 aromatic rings. The number of benzene rings is 3. The zero-order valence-corrected chi connectivity index (χ0v) is 13.6. The SMILES string of the molecule is OCc1ccc(OCc2ccc3ccccc3c2)c(I)c1. The fraction of sp³-hybridized carbons (Fsp3) is 0.111. The third-order valence-electron chi connectivity index (χ3n) is 3.39. The third kappa shape index (κ3) is 3.36. The van der Waals surface area contributed by atoms with Crippen molar-refractivity contribution in [1.29, 1.82) is 0 Å². The van der Waals surface area contributed by atoms with Crippen LogP contribution in [0.5, 0.6) is 5.75 Å². The van der Waals surface area contributed by atoms with E-state index in [1.807, 2.05) is 30.3 Å². The summed E-state index contributed by atoms with van der Waals surface area (Å²) in [6.07, 6.45) is 0. The molecular weight excluding hydrogens is 375 g/mol. The Bertz CT molecular complexity index is 768. The molecule has 0 aliphatic carbocycles. The molecule has 0 aromatic heterocycles. The molecule has 3 rings (SSSR count). The van der Waals surface area contributed by atoms with Crippen molar-refractivity contribution in [2.45, 2.75) is 13.2 Å². The maximum atomic E-state index is 9.12. The first-order chi connectivity index (χ1) is 10.3. The summed E-state index contributed by atoms with van der Waals surface area (Å²) in [5.74, 6) is 0.848. The van der Waals surface area contributed by atoms with Gasteiger partial charge in [-0.15, -0.1) is 0 Å². The first-order valence-electron chi connectivity index (χ1n) is 6.76. The molecule has 0 spiro atoms. The van der Waals surface area contributed by atoms with Gasteiger partial charge in [-0.25, -0.2) is 0 Å². The van der Waals surface area contributed by atoms with Gasteiger partial charge in [-0.3, -0.25) is 0 Å². The minimum Gasteiger partial charge on any atom is -0.488 e. The van der Waals surface area contributed by atoms with Gasteiger partial charge in [0.25, 0.3) is 0 Å². The van der Waals surface area contributed by atoms with Crippen molar-refractivity contribution in [2.24, 2.45) is 0 Å². The van der Waals surface area contributed by atoms with Crippen molar-refractivity contribution in [1.82, 2.24) is 0 Å². The fourth-order valence-corrected chi connectivity index (χ4v) is 2.98. The van der Waals surface area contributed by atoms with Crippen molar-refractivity contribution in [3.8, 4) is 5.75 Å². The molecule has 106 valence electrons. The predicted molar refractivity (Wildman–Crippen MR) is 93.4 cm³/mol. The van der Waals surface area contributed by atoms with E-state index >= 15 is 0 Å². The molecule has 0 saturated heterocycles. The third-order valence-corrected chi connectivity index (χ3v) is 4.23. The minimum atomic E-state index is 0.0565. The molecule has 1 N–H and O–H groups in total. The number of ether oxygens (including phenoxy) is 1. The Hall–Kier alpha value is -1.59. The second kappa shape index (κ2) is 6.45. The molecule has 0 heterocycles. The van der Waals surface area contributed by atoms with Crippen LogP contribution in [0.3, 0.4) is 0 Å². The van der Waals surface area contributed by atoms with E-state index in [1.54, 1.807) is 0 Å². The number of rotatable bonds is 4. The lowest BCUT2D eigenvalue weighted by molar-refractivity contribution is 0.280. The molecule has 0 fully saturated rings. The Morgan fingerprint density at radius 3 is 2.38 bits per heavy atom. The Kier molecular flexibility index (Phi) is 4.41. The standard InChI is InChI=1S/C18H15IO2/c19-17-10-13(11-20)6-8-18(17)21-12-14-5-7-15-3-1-2-4-16(15)9-14/h1-10,20H,11-12H2. The highest BCUT2D eigenvalue weighted by molar-refractivity contribution is 14.1. The van der Waals surface area contributed by atoms with E-state index in [-0.39, 0.29) is 6.61 Å². The lowest BCUT2D eigenvalue weighted by Gasteiger charge is -2.10. The maximum Gasteiger partial charge on any atom is 0.133 e. The van der Waals surface area contributed by atoms with Crippen LogP contribution in [0.15, 0.2) is 60.7 Å². The minimum absolute atomic E-state index is 0.0565. The second-order valence-electron chi connectivity index (χ2n) is 4.89. The second-order valence-corrected chi connectivity index (χ2v) is 6.06. The molecule has 3 heteroatoms. The molecule has 0 aliphatic rings. The Morgan fingerprint density at radius 2 is 1.62 bits per heavy atom. The van der Waals surface area contributed by atoms with Crippen LogP contribution in [-0.2, 0) is 13.2 Å². The van der Waals surface area contributed by atoms with E-state index in [4.69, 9.17) is 9.84 Å². The molecule has 0 amide bonds. The van der Waals surface area contributed by atoms with Crippen molar-refractivity contribution < 1.29 is 9.84 Å². The van der Waals surface area contributed by atoms with Crippen LogP contribution < -0.4 is 4.74 Å². The van der Waals surface area contributed by atoms with Crippen LogP contribution >= 0.6 is 22.6 Å². The van der Waals surface area contributed by atoms with E-state index in [0.717, 1.165) is 20.4 Å². The summed E-state index contributed by atoms with van der Waals surface area (Å²) in [6.45, 7) is 0.597. The van der Waals surface area contributed by atoms with Crippen LogP contribution in [0, 0.1) is 3.57 Å². The zero-order chi connectivity index (χ0) is 14.7.